The molecule has 3 aromatic carbocycles. The molecule has 1 aliphatic heterocycles. The summed E-state index contributed by atoms with van der Waals surface area (Å²) in [5.41, 5.74) is 2.33. The Hall–Kier alpha value is -3.32. The number of ether oxygens (including phenoxy) is 1. The number of barbiturate groups is 1. The molecule has 1 heterocycles. The third-order valence-electron chi connectivity index (χ3n) is 5.02. The first-order chi connectivity index (χ1) is 16.2. The molecule has 6 nitrogen and oxygen atoms in total. The van der Waals surface area contributed by atoms with E-state index in [4.69, 9.17) is 39.5 Å². The van der Waals surface area contributed by atoms with E-state index < -0.39 is 17.8 Å². The fraction of sp³-hybridized carbons (Fsp3) is 0.0800. The zero-order valence-corrected chi connectivity index (χ0v) is 20.0. The highest BCUT2D eigenvalue weighted by molar-refractivity contribution is 6.40. The van der Waals surface area contributed by atoms with Crippen LogP contribution < -0.4 is 15.0 Å². The molecule has 0 unspecified atom stereocenters. The van der Waals surface area contributed by atoms with Gasteiger partial charge in [0.15, 0.2) is 5.75 Å². The highest BCUT2D eigenvalue weighted by atomic mass is 35.5. The summed E-state index contributed by atoms with van der Waals surface area (Å²) in [6, 6.07) is 16.1. The number of rotatable bonds is 5. The van der Waals surface area contributed by atoms with Crippen LogP contribution in [0.2, 0.25) is 15.1 Å². The van der Waals surface area contributed by atoms with Crippen molar-refractivity contribution >= 4 is 64.4 Å². The lowest BCUT2D eigenvalue weighted by Crippen LogP contribution is -2.54. The Kier molecular flexibility index (Phi) is 6.93. The van der Waals surface area contributed by atoms with Crippen LogP contribution in [0, 0.1) is 6.92 Å². The van der Waals surface area contributed by atoms with E-state index in [1.165, 1.54) is 18.2 Å². The van der Waals surface area contributed by atoms with Gasteiger partial charge in [-0.1, -0.05) is 64.6 Å². The molecule has 172 valence electrons. The summed E-state index contributed by atoms with van der Waals surface area (Å²) < 4.78 is 5.75. The van der Waals surface area contributed by atoms with E-state index in [2.05, 4.69) is 5.32 Å². The second kappa shape index (κ2) is 9.89. The number of hydrogen-bond donors (Lipinski definition) is 1. The van der Waals surface area contributed by atoms with Gasteiger partial charge in [0.25, 0.3) is 11.8 Å². The molecule has 3 aromatic rings. The minimum atomic E-state index is -0.821. The van der Waals surface area contributed by atoms with Crippen molar-refractivity contribution in [2.45, 2.75) is 13.5 Å². The molecule has 0 radical (unpaired) electrons. The maximum atomic E-state index is 13.0. The van der Waals surface area contributed by atoms with Gasteiger partial charge < -0.3 is 4.74 Å². The number of carbonyl (C=O) groups is 3. The van der Waals surface area contributed by atoms with Crippen molar-refractivity contribution in [3.8, 4) is 5.75 Å². The molecule has 1 N–H and O–H groups in total. The molecular formula is C25H17Cl3N2O4. The van der Waals surface area contributed by atoms with E-state index >= 15 is 0 Å². The number of nitrogens with one attached hydrogen (secondary N) is 1. The number of halogens is 3. The molecule has 1 fully saturated rings. The van der Waals surface area contributed by atoms with Crippen LogP contribution in [0.4, 0.5) is 10.5 Å². The number of aryl methyl sites for hydroxylation is 1. The number of nitrogens with zero attached hydrogens (tertiary/aromatic N) is 1. The average molecular weight is 516 g/mol. The summed E-state index contributed by atoms with van der Waals surface area (Å²) in [7, 11) is 0. The number of hydrogen-bond acceptors (Lipinski definition) is 4. The topological polar surface area (TPSA) is 75.7 Å². The van der Waals surface area contributed by atoms with Crippen LogP contribution in [-0.2, 0) is 16.2 Å². The van der Waals surface area contributed by atoms with Gasteiger partial charge in [0.2, 0.25) is 0 Å². The molecule has 4 amide bonds. The first-order valence-electron chi connectivity index (χ1n) is 10.1. The number of carbonyl (C=O) groups excluding carboxylic acids is 3. The number of benzene rings is 3. The number of amides is 4. The maximum absolute atomic E-state index is 13.0. The monoisotopic (exact) mass is 514 g/mol. The highest BCUT2D eigenvalue weighted by Crippen LogP contribution is 2.36. The summed E-state index contributed by atoms with van der Waals surface area (Å²) >= 11 is 18.6. The SMILES string of the molecule is Cc1ccc(N2C(=O)NC(=O)/C(=C\c3cc(Cl)c(OCc4ccc(Cl)cc4)c(Cl)c3)C2=O)cc1. The summed E-state index contributed by atoms with van der Waals surface area (Å²) in [4.78, 5) is 38.7. The maximum Gasteiger partial charge on any atom is 0.335 e. The van der Waals surface area contributed by atoms with Crippen LogP contribution in [0.1, 0.15) is 16.7 Å². The molecule has 0 aliphatic carbocycles. The minimum absolute atomic E-state index is 0.198. The van der Waals surface area contributed by atoms with Gasteiger partial charge in [-0.3, -0.25) is 14.9 Å². The second-order valence-electron chi connectivity index (χ2n) is 7.52. The lowest BCUT2D eigenvalue weighted by atomic mass is 10.1. The van der Waals surface area contributed by atoms with Gasteiger partial charge in [0.05, 0.1) is 15.7 Å². The molecule has 0 spiro atoms. The number of anilines is 1. The quantitative estimate of drug-likeness (QED) is 0.324. The van der Waals surface area contributed by atoms with Crippen LogP contribution in [-0.4, -0.2) is 17.8 Å². The van der Waals surface area contributed by atoms with Gasteiger partial charge >= 0.3 is 6.03 Å². The lowest BCUT2D eigenvalue weighted by Gasteiger charge is -2.26. The first kappa shape index (κ1) is 23.8. The summed E-state index contributed by atoms with van der Waals surface area (Å²) in [6.45, 7) is 2.10. The fourth-order valence-electron chi connectivity index (χ4n) is 3.29. The Morgan fingerprint density at radius 2 is 1.53 bits per heavy atom. The third-order valence-corrected chi connectivity index (χ3v) is 5.84. The largest absolute Gasteiger partial charge is 0.486 e. The molecule has 0 bridgehead atoms. The standard InChI is InChI=1S/C25H17Cl3N2O4/c1-14-2-8-18(9-3-14)30-24(32)19(23(31)29-25(30)33)10-16-11-20(27)22(21(28)12-16)34-13-15-4-6-17(26)7-5-15/h2-12H,13H2,1H3,(H,29,31,33)/b19-10+. The van der Waals surface area contributed by atoms with Crippen molar-refractivity contribution < 1.29 is 19.1 Å². The van der Waals surface area contributed by atoms with Gasteiger partial charge in [-0.25, -0.2) is 9.69 Å². The first-order valence-corrected chi connectivity index (χ1v) is 11.2. The van der Waals surface area contributed by atoms with E-state index in [1.807, 2.05) is 19.1 Å². The van der Waals surface area contributed by atoms with Gasteiger partial charge in [-0.05, 0) is 60.5 Å². The minimum Gasteiger partial charge on any atom is -0.486 e. The van der Waals surface area contributed by atoms with Crippen molar-refractivity contribution in [1.82, 2.24) is 5.32 Å². The Morgan fingerprint density at radius 1 is 0.912 bits per heavy atom. The van der Waals surface area contributed by atoms with Gasteiger partial charge in [0.1, 0.15) is 12.2 Å². The molecule has 0 atom stereocenters. The van der Waals surface area contributed by atoms with Crippen LogP contribution in [0.15, 0.2) is 66.2 Å². The van der Waals surface area contributed by atoms with Crippen molar-refractivity contribution in [2.75, 3.05) is 4.90 Å². The predicted octanol–water partition coefficient (Wildman–Crippen LogP) is 6.20. The molecule has 4 rings (SSSR count). The van der Waals surface area contributed by atoms with Crippen molar-refractivity contribution in [2.24, 2.45) is 0 Å². The smallest absolute Gasteiger partial charge is 0.335 e. The van der Waals surface area contributed by atoms with Crippen LogP contribution >= 0.6 is 34.8 Å². The van der Waals surface area contributed by atoms with E-state index in [1.54, 1.807) is 36.4 Å². The van der Waals surface area contributed by atoms with Gasteiger partial charge in [-0.2, -0.15) is 0 Å². The Labute approximate surface area is 210 Å². The van der Waals surface area contributed by atoms with E-state index in [0.29, 0.717) is 16.3 Å². The highest BCUT2D eigenvalue weighted by Gasteiger charge is 2.36. The Bertz CT molecular complexity index is 1300. The van der Waals surface area contributed by atoms with E-state index in [-0.39, 0.29) is 28.0 Å². The zero-order chi connectivity index (χ0) is 24.4. The lowest BCUT2D eigenvalue weighted by molar-refractivity contribution is -0.122. The van der Waals surface area contributed by atoms with E-state index in [0.717, 1.165) is 16.0 Å². The normalized spacial score (nSPS) is 15.0. The van der Waals surface area contributed by atoms with Crippen molar-refractivity contribution in [3.05, 3.63) is 98.0 Å². The molecule has 34 heavy (non-hydrogen) atoms. The zero-order valence-electron chi connectivity index (χ0n) is 17.8. The molecular weight excluding hydrogens is 499 g/mol. The molecule has 1 aliphatic rings. The Morgan fingerprint density at radius 3 is 2.15 bits per heavy atom. The van der Waals surface area contributed by atoms with Crippen LogP contribution in [0.25, 0.3) is 6.08 Å². The van der Waals surface area contributed by atoms with Crippen molar-refractivity contribution in [1.29, 1.82) is 0 Å². The summed E-state index contributed by atoms with van der Waals surface area (Å²) in [5.74, 6) is -1.31. The van der Waals surface area contributed by atoms with Crippen LogP contribution in [0.5, 0.6) is 5.75 Å². The summed E-state index contributed by atoms with van der Waals surface area (Å²) in [6.07, 6.45) is 1.33. The van der Waals surface area contributed by atoms with Crippen molar-refractivity contribution in [3.63, 3.8) is 0 Å². The Balaban J connectivity index is 1.60. The van der Waals surface area contributed by atoms with E-state index in [9.17, 15) is 14.4 Å². The van der Waals surface area contributed by atoms with Gasteiger partial charge in [-0.15, -0.1) is 0 Å². The van der Waals surface area contributed by atoms with Gasteiger partial charge in [0, 0.05) is 5.02 Å². The molecule has 0 aromatic heterocycles. The number of imide groups is 2. The average Bonchev–Trinajstić information content (AvgIpc) is 2.78. The van der Waals surface area contributed by atoms with Crippen LogP contribution in [0.3, 0.4) is 0 Å². The molecule has 0 saturated carbocycles. The fourth-order valence-corrected chi connectivity index (χ4v) is 4.03. The second-order valence-corrected chi connectivity index (χ2v) is 8.77. The molecule has 9 heteroatoms. The molecule has 1 saturated heterocycles. The predicted molar refractivity (Wildman–Crippen MR) is 132 cm³/mol. The third kappa shape index (κ3) is 5.09. The summed E-state index contributed by atoms with van der Waals surface area (Å²) in [5, 5.41) is 3.19. The number of urea groups is 1.